The van der Waals surface area contributed by atoms with Crippen molar-refractivity contribution in [3.63, 3.8) is 0 Å². The van der Waals surface area contributed by atoms with Crippen molar-refractivity contribution in [1.82, 2.24) is 4.98 Å². The van der Waals surface area contributed by atoms with E-state index < -0.39 is 0 Å². The second-order valence-electron chi connectivity index (χ2n) is 4.35. The topological polar surface area (TPSA) is 25.2 Å². The summed E-state index contributed by atoms with van der Waals surface area (Å²) in [5.41, 5.74) is 2.72. The van der Waals surface area contributed by atoms with E-state index in [-0.39, 0.29) is 0 Å². The Morgan fingerprint density at radius 3 is 3.14 bits per heavy atom. The summed E-state index contributed by atoms with van der Waals surface area (Å²) in [5.74, 6) is 0. The second-order valence-corrected chi connectivity index (χ2v) is 4.35. The first-order chi connectivity index (χ1) is 6.78. The van der Waals surface area contributed by atoms with Crippen LogP contribution in [0.1, 0.15) is 18.9 Å². The first-order valence-corrected chi connectivity index (χ1v) is 4.94. The van der Waals surface area contributed by atoms with Crippen LogP contribution in [0.25, 0.3) is 5.57 Å². The van der Waals surface area contributed by atoms with Crippen LogP contribution < -0.4 is 0 Å². The number of pyridine rings is 1. The molecule has 1 aromatic rings. The monoisotopic (exact) mass is 184 g/mol. The molecule has 1 aromatic heterocycles. The normalized spacial score (nSPS) is 33.5. The number of hydrogen-bond acceptors (Lipinski definition) is 2. The van der Waals surface area contributed by atoms with Crippen molar-refractivity contribution in [3.05, 3.63) is 36.2 Å². The van der Waals surface area contributed by atoms with Gasteiger partial charge in [-0.05, 0) is 18.1 Å². The Bertz CT molecular complexity index is 419. The van der Waals surface area contributed by atoms with E-state index in [1.54, 1.807) is 6.20 Å². The van der Waals surface area contributed by atoms with Gasteiger partial charge in [-0.2, -0.15) is 0 Å². The number of aliphatic imine (C=N–C) groups is 1. The fourth-order valence-electron chi connectivity index (χ4n) is 1.99. The van der Waals surface area contributed by atoms with Crippen molar-refractivity contribution in [2.45, 2.75) is 19.4 Å². The highest BCUT2D eigenvalue weighted by molar-refractivity contribution is 6.11. The van der Waals surface area contributed by atoms with Crippen molar-refractivity contribution in [1.29, 1.82) is 0 Å². The quantitative estimate of drug-likeness (QED) is 0.657. The molecule has 1 aliphatic carbocycles. The summed E-state index contributed by atoms with van der Waals surface area (Å²) in [6.45, 7) is 2.27. The lowest BCUT2D eigenvalue weighted by Crippen LogP contribution is -2.03. The zero-order valence-electron chi connectivity index (χ0n) is 8.14. The highest BCUT2D eigenvalue weighted by Gasteiger charge is 2.49. The molecule has 2 aliphatic rings. The third kappa shape index (κ3) is 1.10. The van der Waals surface area contributed by atoms with Gasteiger partial charge in [-0.15, -0.1) is 0 Å². The van der Waals surface area contributed by atoms with E-state index in [1.807, 2.05) is 18.5 Å². The van der Waals surface area contributed by atoms with E-state index in [0.717, 1.165) is 0 Å². The lowest BCUT2D eigenvalue weighted by molar-refractivity contribution is 0.702. The largest absolute Gasteiger partial charge is 0.288 e. The predicted molar refractivity (Wildman–Crippen MR) is 57.2 cm³/mol. The van der Waals surface area contributed by atoms with Crippen LogP contribution in [-0.2, 0) is 0 Å². The number of hydrogen-bond donors (Lipinski definition) is 0. The van der Waals surface area contributed by atoms with Gasteiger partial charge in [-0.25, -0.2) is 0 Å². The van der Waals surface area contributed by atoms with E-state index in [4.69, 9.17) is 0 Å². The summed E-state index contributed by atoms with van der Waals surface area (Å²) >= 11 is 0. The summed E-state index contributed by atoms with van der Waals surface area (Å²) in [5, 5.41) is 0. The van der Waals surface area contributed by atoms with E-state index in [9.17, 15) is 0 Å². The van der Waals surface area contributed by atoms with Gasteiger partial charge in [-0.1, -0.05) is 19.1 Å². The molecule has 2 unspecified atom stereocenters. The summed E-state index contributed by atoms with van der Waals surface area (Å²) in [6.07, 6.45) is 9.21. The zero-order valence-corrected chi connectivity index (χ0v) is 8.14. The number of dihydropyridines is 1. The van der Waals surface area contributed by atoms with E-state index in [0.29, 0.717) is 11.5 Å². The Labute approximate surface area is 83.4 Å². The van der Waals surface area contributed by atoms with Gasteiger partial charge in [0.25, 0.3) is 0 Å². The lowest BCUT2D eigenvalue weighted by atomic mass is 9.99. The van der Waals surface area contributed by atoms with Gasteiger partial charge in [-0.3, -0.25) is 9.98 Å². The molecule has 14 heavy (non-hydrogen) atoms. The fraction of sp³-hybridized carbons (Fsp3) is 0.333. The number of aromatic nitrogens is 1. The van der Waals surface area contributed by atoms with Gasteiger partial charge < -0.3 is 0 Å². The minimum absolute atomic E-state index is 0.333. The highest BCUT2D eigenvalue weighted by Crippen LogP contribution is 2.52. The molecule has 1 fully saturated rings. The van der Waals surface area contributed by atoms with Crippen LogP contribution in [0.4, 0.5) is 0 Å². The Morgan fingerprint density at radius 1 is 1.50 bits per heavy atom. The molecule has 1 aliphatic heterocycles. The molecule has 70 valence electrons. The first kappa shape index (κ1) is 7.92. The maximum atomic E-state index is 4.51. The van der Waals surface area contributed by atoms with Crippen LogP contribution in [0.2, 0.25) is 0 Å². The molecule has 0 bridgehead atoms. The molecule has 0 saturated heterocycles. The Kier molecular flexibility index (Phi) is 1.43. The number of fused-ring (bicyclic) bond motifs is 1. The summed E-state index contributed by atoms with van der Waals surface area (Å²) < 4.78 is 0. The molecular weight excluding hydrogens is 172 g/mol. The average Bonchev–Trinajstić information content (AvgIpc) is 2.90. The van der Waals surface area contributed by atoms with Crippen molar-refractivity contribution < 1.29 is 0 Å². The molecule has 3 rings (SSSR count). The van der Waals surface area contributed by atoms with E-state index >= 15 is 0 Å². The average molecular weight is 184 g/mol. The van der Waals surface area contributed by atoms with Crippen LogP contribution in [0.3, 0.4) is 0 Å². The standard InChI is InChI=1S/C12H12N2/c1-12-5-10(8-14-11(12)6-12)9-3-2-4-13-7-9/h2-5,7-8,11H,6H2,1H3. The Balaban J connectivity index is 2.01. The fourth-order valence-corrected chi connectivity index (χ4v) is 1.99. The van der Waals surface area contributed by atoms with Gasteiger partial charge >= 0.3 is 0 Å². The molecule has 0 amide bonds. The minimum atomic E-state index is 0.333. The van der Waals surface area contributed by atoms with E-state index in [1.165, 1.54) is 17.6 Å². The third-order valence-corrected chi connectivity index (χ3v) is 3.11. The Morgan fingerprint density at radius 2 is 2.43 bits per heavy atom. The van der Waals surface area contributed by atoms with Gasteiger partial charge in [0.05, 0.1) is 6.04 Å². The molecule has 0 N–H and O–H groups in total. The van der Waals surface area contributed by atoms with Gasteiger partial charge in [0.1, 0.15) is 0 Å². The second kappa shape index (κ2) is 2.53. The van der Waals surface area contributed by atoms with Gasteiger partial charge in [0, 0.05) is 29.6 Å². The molecule has 2 heterocycles. The summed E-state index contributed by atoms with van der Waals surface area (Å²) in [6, 6.07) is 4.59. The predicted octanol–water partition coefficient (Wildman–Crippen LogP) is 2.33. The smallest absolute Gasteiger partial charge is 0.0597 e. The van der Waals surface area contributed by atoms with E-state index in [2.05, 4.69) is 29.0 Å². The van der Waals surface area contributed by atoms with Crippen molar-refractivity contribution in [2.75, 3.05) is 0 Å². The van der Waals surface area contributed by atoms with Gasteiger partial charge in [0.2, 0.25) is 0 Å². The molecular formula is C12H12N2. The van der Waals surface area contributed by atoms with Crippen molar-refractivity contribution in [2.24, 2.45) is 10.4 Å². The number of allylic oxidation sites excluding steroid dienone is 1. The molecule has 0 radical (unpaired) electrons. The molecule has 2 atom stereocenters. The zero-order chi connectivity index (χ0) is 9.60. The van der Waals surface area contributed by atoms with Crippen LogP contribution in [0.15, 0.2) is 35.6 Å². The number of rotatable bonds is 1. The van der Waals surface area contributed by atoms with Crippen LogP contribution >= 0.6 is 0 Å². The maximum absolute atomic E-state index is 4.51. The van der Waals surface area contributed by atoms with Crippen molar-refractivity contribution in [3.8, 4) is 0 Å². The summed E-state index contributed by atoms with van der Waals surface area (Å²) in [4.78, 5) is 8.63. The molecule has 0 spiro atoms. The SMILES string of the molecule is CC12C=C(c3cccnc3)C=NC1C2. The van der Waals surface area contributed by atoms with Gasteiger partial charge in [0.15, 0.2) is 0 Å². The molecule has 0 aromatic carbocycles. The van der Waals surface area contributed by atoms with Crippen LogP contribution in [0.5, 0.6) is 0 Å². The summed E-state index contributed by atoms with van der Waals surface area (Å²) in [7, 11) is 0. The van der Waals surface area contributed by atoms with Crippen LogP contribution in [-0.4, -0.2) is 17.2 Å². The lowest BCUT2D eigenvalue weighted by Gasteiger charge is -2.11. The minimum Gasteiger partial charge on any atom is -0.288 e. The first-order valence-electron chi connectivity index (χ1n) is 4.94. The van der Waals surface area contributed by atoms with Crippen molar-refractivity contribution >= 4 is 11.8 Å². The third-order valence-electron chi connectivity index (χ3n) is 3.11. The molecule has 2 heteroatoms. The molecule has 1 saturated carbocycles. The number of nitrogens with zero attached hydrogens (tertiary/aromatic N) is 2. The van der Waals surface area contributed by atoms with Crippen LogP contribution in [0, 0.1) is 5.41 Å². The maximum Gasteiger partial charge on any atom is 0.0597 e. The highest BCUT2D eigenvalue weighted by atomic mass is 14.9. The Hall–Kier alpha value is -1.44. The molecule has 2 nitrogen and oxygen atoms in total.